The summed E-state index contributed by atoms with van der Waals surface area (Å²) in [5, 5.41) is 2.72. The molecule has 3 nitrogen and oxygen atoms in total. The third kappa shape index (κ3) is 4.28. The molecule has 110 valence electrons. The number of hydrogen-bond acceptors (Lipinski definition) is 2. The predicted molar refractivity (Wildman–Crippen MR) is 87.1 cm³/mol. The Balaban J connectivity index is 2.01. The Morgan fingerprint density at radius 3 is 2.48 bits per heavy atom. The quantitative estimate of drug-likeness (QED) is 0.785. The van der Waals surface area contributed by atoms with Crippen LogP contribution in [0, 0.1) is 12.7 Å². The van der Waals surface area contributed by atoms with Gasteiger partial charge in [0.25, 0.3) is 5.91 Å². The average molecular weight is 417 g/mol. The fraction of sp³-hybridized carbons (Fsp3) is 0.133. The first-order valence-corrected chi connectivity index (χ1v) is 7.69. The van der Waals surface area contributed by atoms with Gasteiger partial charge in [-0.25, -0.2) is 4.39 Å². The number of para-hydroxylation sites is 1. The second-order valence-electron chi connectivity index (χ2n) is 4.37. The molecule has 0 heterocycles. The molecule has 2 aromatic carbocycles. The number of hydrogen-bond donors (Lipinski definition) is 1. The maximum absolute atomic E-state index is 13.4. The lowest BCUT2D eigenvalue weighted by Gasteiger charge is -2.11. The van der Waals surface area contributed by atoms with Crippen molar-refractivity contribution in [1.82, 2.24) is 0 Å². The summed E-state index contributed by atoms with van der Waals surface area (Å²) in [7, 11) is 0. The molecule has 1 N–H and O–H groups in total. The summed E-state index contributed by atoms with van der Waals surface area (Å²) >= 11 is 6.78. The number of halogens is 3. The van der Waals surface area contributed by atoms with E-state index in [0.717, 1.165) is 14.5 Å². The van der Waals surface area contributed by atoms with Gasteiger partial charge in [0.1, 0.15) is 0 Å². The summed E-state index contributed by atoms with van der Waals surface area (Å²) in [4.78, 5) is 11.9. The van der Waals surface area contributed by atoms with Gasteiger partial charge in [0.2, 0.25) is 0 Å². The Hall–Kier alpha value is -1.40. The van der Waals surface area contributed by atoms with Crippen LogP contribution in [0.25, 0.3) is 0 Å². The molecule has 0 saturated heterocycles. The normalized spacial score (nSPS) is 10.3. The van der Waals surface area contributed by atoms with Crippen molar-refractivity contribution in [2.45, 2.75) is 6.92 Å². The van der Waals surface area contributed by atoms with E-state index in [2.05, 4.69) is 37.2 Å². The summed E-state index contributed by atoms with van der Waals surface area (Å²) in [6.45, 7) is 1.68. The molecule has 0 aliphatic carbocycles. The monoisotopic (exact) mass is 415 g/mol. The summed E-state index contributed by atoms with van der Waals surface area (Å²) in [6, 6.07) is 9.73. The van der Waals surface area contributed by atoms with E-state index in [0.29, 0.717) is 5.69 Å². The van der Waals surface area contributed by atoms with Gasteiger partial charge in [0, 0.05) is 8.95 Å². The molecule has 6 heteroatoms. The van der Waals surface area contributed by atoms with Crippen LogP contribution in [0.5, 0.6) is 5.75 Å². The van der Waals surface area contributed by atoms with E-state index in [1.165, 1.54) is 12.1 Å². The van der Waals surface area contributed by atoms with Crippen LogP contribution < -0.4 is 10.1 Å². The first-order chi connectivity index (χ1) is 9.97. The third-order valence-corrected chi connectivity index (χ3v) is 3.90. The third-order valence-electron chi connectivity index (χ3n) is 2.65. The smallest absolute Gasteiger partial charge is 0.262 e. The Morgan fingerprint density at radius 2 is 1.86 bits per heavy atom. The van der Waals surface area contributed by atoms with Crippen molar-refractivity contribution in [2.75, 3.05) is 11.9 Å². The first-order valence-electron chi connectivity index (χ1n) is 6.10. The molecule has 0 atom stereocenters. The number of rotatable bonds is 4. The van der Waals surface area contributed by atoms with Crippen molar-refractivity contribution >= 4 is 43.5 Å². The summed E-state index contributed by atoms with van der Waals surface area (Å²) in [5.74, 6) is -0.818. The van der Waals surface area contributed by atoms with Crippen molar-refractivity contribution in [2.24, 2.45) is 0 Å². The predicted octanol–water partition coefficient (Wildman–Crippen LogP) is 4.68. The number of anilines is 1. The maximum Gasteiger partial charge on any atom is 0.262 e. The van der Waals surface area contributed by atoms with Gasteiger partial charge < -0.3 is 10.1 Å². The molecule has 0 fully saturated rings. The minimum Gasteiger partial charge on any atom is -0.481 e. The van der Waals surface area contributed by atoms with E-state index >= 15 is 0 Å². The highest BCUT2D eigenvalue weighted by Gasteiger charge is 2.11. The van der Waals surface area contributed by atoms with Gasteiger partial charge in [-0.3, -0.25) is 4.79 Å². The van der Waals surface area contributed by atoms with Crippen LogP contribution in [0.1, 0.15) is 5.56 Å². The number of amides is 1. The Morgan fingerprint density at radius 1 is 1.24 bits per heavy atom. The average Bonchev–Trinajstić information content (AvgIpc) is 2.42. The highest BCUT2D eigenvalue weighted by atomic mass is 79.9. The zero-order valence-electron chi connectivity index (χ0n) is 11.1. The van der Waals surface area contributed by atoms with E-state index in [1.807, 2.05) is 19.1 Å². The van der Waals surface area contributed by atoms with Gasteiger partial charge in [0.15, 0.2) is 18.2 Å². The van der Waals surface area contributed by atoms with Crippen LogP contribution in [0.3, 0.4) is 0 Å². The van der Waals surface area contributed by atoms with Gasteiger partial charge in [-0.15, -0.1) is 0 Å². The molecule has 0 aliphatic rings. The first kappa shape index (κ1) is 16.0. The number of aryl methyl sites for hydroxylation is 1. The maximum atomic E-state index is 13.4. The van der Waals surface area contributed by atoms with Crippen LogP contribution in [-0.2, 0) is 4.79 Å². The molecule has 2 rings (SSSR count). The van der Waals surface area contributed by atoms with Gasteiger partial charge in [0.05, 0.1) is 5.69 Å². The molecule has 0 aliphatic heterocycles. The molecular formula is C15H12Br2FNO2. The van der Waals surface area contributed by atoms with Crippen LogP contribution in [0.2, 0.25) is 0 Å². The lowest BCUT2D eigenvalue weighted by atomic mass is 10.2. The van der Waals surface area contributed by atoms with E-state index < -0.39 is 5.82 Å². The van der Waals surface area contributed by atoms with Crippen molar-refractivity contribution in [3.05, 3.63) is 56.7 Å². The van der Waals surface area contributed by atoms with Crippen LogP contribution in [0.15, 0.2) is 45.3 Å². The van der Waals surface area contributed by atoms with Gasteiger partial charge in [-0.05, 0) is 68.6 Å². The summed E-state index contributed by atoms with van der Waals surface area (Å²) in [5.41, 5.74) is 1.66. The standard InChI is InChI=1S/C15H12Br2FNO2/c1-9-6-10(16)15(11(17)7-9)19-14(20)8-21-13-5-3-2-4-12(13)18/h2-7H,8H2,1H3,(H,19,20). The fourth-order valence-electron chi connectivity index (χ4n) is 1.70. The Labute approximate surface area is 138 Å². The van der Waals surface area contributed by atoms with Crippen LogP contribution in [-0.4, -0.2) is 12.5 Å². The summed E-state index contributed by atoms with van der Waals surface area (Å²) < 4.78 is 20.0. The SMILES string of the molecule is Cc1cc(Br)c(NC(=O)COc2ccccc2F)c(Br)c1. The van der Waals surface area contributed by atoms with Crippen molar-refractivity contribution in [3.63, 3.8) is 0 Å². The zero-order chi connectivity index (χ0) is 15.4. The van der Waals surface area contributed by atoms with Gasteiger partial charge >= 0.3 is 0 Å². The topological polar surface area (TPSA) is 38.3 Å². The Kier molecular flexibility index (Phi) is 5.36. The molecule has 1 amide bonds. The molecule has 0 unspecified atom stereocenters. The molecule has 2 aromatic rings. The number of ether oxygens (including phenoxy) is 1. The molecule has 0 aromatic heterocycles. The van der Waals surface area contributed by atoms with Gasteiger partial charge in [-0.2, -0.15) is 0 Å². The highest BCUT2D eigenvalue weighted by Crippen LogP contribution is 2.32. The lowest BCUT2D eigenvalue weighted by molar-refractivity contribution is -0.118. The van der Waals surface area contributed by atoms with E-state index in [4.69, 9.17) is 4.74 Å². The van der Waals surface area contributed by atoms with E-state index in [1.54, 1.807) is 12.1 Å². The summed E-state index contributed by atoms with van der Waals surface area (Å²) in [6.07, 6.45) is 0. The zero-order valence-corrected chi connectivity index (χ0v) is 14.3. The number of nitrogens with one attached hydrogen (secondary N) is 1. The largest absolute Gasteiger partial charge is 0.481 e. The number of carbonyl (C=O) groups excluding carboxylic acids is 1. The molecule has 0 spiro atoms. The lowest BCUT2D eigenvalue weighted by Crippen LogP contribution is -2.21. The fourth-order valence-corrected chi connectivity index (χ4v) is 3.31. The number of benzene rings is 2. The second-order valence-corrected chi connectivity index (χ2v) is 6.08. The second kappa shape index (κ2) is 7.04. The molecule has 0 radical (unpaired) electrons. The highest BCUT2D eigenvalue weighted by molar-refractivity contribution is 9.11. The van der Waals surface area contributed by atoms with E-state index in [-0.39, 0.29) is 18.3 Å². The van der Waals surface area contributed by atoms with Crippen molar-refractivity contribution in [1.29, 1.82) is 0 Å². The van der Waals surface area contributed by atoms with Gasteiger partial charge in [-0.1, -0.05) is 12.1 Å². The minimum absolute atomic E-state index is 0.0506. The van der Waals surface area contributed by atoms with Crippen LogP contribution in [0.4, 0.5) is 10.1 Å². The molecule has 0 saturated carbocycles. The molecule has 0 bridgehead atoms. The van der Waals surface area contributed by atoms with Crippen LogP contribution >= 0.6 is 31.9 Å². The minimum atomic E-state index is -0.497. The van der Waals surface area contributed by atoms with Crippen molar-refractivity contribution in [3.8, 4) is 5.75 Å². The number of carbonyl (C=O) groups is 1. The Bertz CT molecular complexity index is 653. The molecular weight excluding hydrogens is 405 g/mol. The molecule has 21 heavy (non-hydrogen) atoms. The van der Waals surface area contributed by atoms with E-state index in [9.17, 15) is 9.18 Å². The van der Waals surface area contributed by atoms with Crippen molar-refractivity contribution < 1.29 is 13.9 Å².